The van der Waals surface area contributed by atoms with E-state index in [0.29, 0.717) is 5.56 Å². The van der Waals surface area contributed by atoms with Crippen LogP contribution in [-0.2, 0) is 23.7 Å². The molecule has 0 atom stereocenters. The van der Waals surface area contributed by atoms with Crippen LogP contribution in [0.4, 0.5) is 32.0 Å². The highest BCUT2D eigenvalue weighted by Crippen LogP contribution is 2.35. The number of alkyl halides is 6. The monoisotopic (exact) mass is 590 g/mol. The van der Waals surface area contributed by atoms with E-state index in [1.54, 1.807) is 0 Å². The fraction of sp³-hybridized carbons (Fsp3) is 0.280. The second-order valence-corrected chi connectivity index (χ2v) is 9.63. The maximum atomic E-state index is 13.3. The summed E-state index contributed by atoms with van der Waals surface area (Å²) >= 11 is 6.14. The molecule has 0 unspecified atom stereocenters. The van der Waals surface area contributed by atoms with Crippen LogP contribution in [-0.4, -0.2) is 38.2 Å². The molecular formula is C25H21ClF6N4O4. The number of benzene rings is 2. The number of aryl methyl sites for hydroxylation is 1. The number of halogens is 7. The lowest BCUT2D eigenvalue weighted by Crippen LogP contribution is -2.50. The number of amides is 2. The van der Waals surface area contributed by atoms with Gasteiger partial charge < -0.3 is 15.7 Å². The van der Waals surface area contributed by atoms with E-state index in [9.17, 15) is 45.8 Å². The van der Waals surface area contributed by atoms with Gasteiger partial charge in [0, 0.05) is 11.8 Å². The number of anilines is 1. The lowest BCUT2D eigenvalue weighted by Gasteiger charge is -2.22. The zero-order valence-electron chi connectivity index (χ0n) is 21.0. The number of carbonyl (C=O) groups excluding carboxylic acids is 2. The highest BCUT2D eigenvalue weighted by atomic mass is 35.5. The first-order valence-electron chi connectivity index (χ1n) is 11.3. The van der Waals surface area contributed by atoms with Crippen molar-refractivity contribution >= 4 is 35.1 Å². The number of aliphatic carboxylic acids is 1. The Morgan fingerprint density at radius 2 is 1.62 bits per heavy atom. The minimum absolute atomic E-state index is 0.0717. The molecule has 3 aromatic rings. The molecule has 40 heavy (non-hydrogen) atoms. The third-order valence-corrected chi connectivity index (χ3v) is 5.99. The van der Waals surface area contributed by atoms with Crippen LogP contribution in [0.1, 0.15) is 57.1 Å². The molecule has 2 amide bonds. The van der Waals surface area contributed by atoms with Gasteiger partial charge in [0.2, 0.25) is 0 Å². The van der Waals surface area contributed by atoms with E-state index in [-0.39, 0.29) is 38.1 Å². The van der Waals surface area contributed by atoms with Gasteiger partial charge in [-0.1, -0.05) is 29.8 Å². The number of hydrogen-bond acceptors (Lipinski definition) is 4. The van der Waals surface area contributed by atoms with Crippen molar-refractivity contribution in [2.45, 2.75) is 45.2 Å². The summed E-state index contributed by atoms with van der Waals surface area (Å²) in [7, 11) is 0. The van der Waals surface area contributed by atoms with Gasteiger partial charge in [0.05, 0.1) is 22.7 Å². The van der Waals surface area contributed by atoms with Gasteiger partial charge in [0.1, 0.15) is 11.2 Å². The molecule has 0 aliphatic carbocycles. The number of rotatable bonds is 7. The third kappa shape index (κ3) is 6.73. The van der Waals surface area contributed by atoms with Crippen molar-refractivity contribution in [2.75, 3.05) is 5.32 Å². The smallest absolute Gasteiger partial charge is 0.435 e. The average molecular weight is 591 g/mol. The number of nitrogens with zero attached hydrogens (tertiary/aromatic N) is 2. The summed E-state index contributed by atoms with van der Waals surface area (Å²) in [6, 6.07) is 7.89. The Hall–Kier alpha value is -4.07. The van der Waals surface area contributed by atoms with Gasteiger partial charge in [-0.15, -0.1) is 0 Å². The fourth-order valence-corrected chi connectivity index (χ4v) is 3.84. The minimum atomic E-state index is -5.08. The van der Waals surface area contributed by atoms with Crippen LogP contribution in [0.15, 0.2) is 42.5 Å². The van der Waals surface area contributed by atoms with Gasteiger partial charge in [-0.25, -0.2) is 4.79 Å². The van der Waals surface area contributed by atoms with Crippen molar-refractivity contribution in [3.63, 3.8) is 0 Å². The van der Waals surface area contributed by atoms with Gasteiger partial charge in [-0.2, -0.15) is 31.4 Å². The van der Waals surface area contributed by atoms with Crippen molar-refractivity contribution in [1.82, 2.24) is 15.1 Å². The quantitative estimate of drug-likeness (QED) is 0.302. The number of nitrogens with one attached hydrogen (secondary N) is 2. The number of hydrogen-bond donors (Lipinski definition) is 3. The summed E-state index contributed by atoms with van der Waals surface area (Å²) in [5, 5.41) is 17.0. The molecule has 0 saturated carbocycles. The Balaban J connectivity index is 1.87. The Morgan fingerprint density at radius 3 is 2.17 bits per heavy atom. The first kappa shape index (κ1) is 30.5. The van der Waals surface area contributed by atoms with Gasteiger partial charge in [0.25, 0.3) is 11.8 Å². The molecule has 214 valence electrons. The van der Waals surface area contributed by atoms with Crippen molar-refractivity contribution in [1.29, 1.82) is 0 Å². The average Bonchev–Trinajstić information content (AvgIpc) is 3.25. The largest absolute Gasteiger partial charge is 0.480 e. The molecule has 1 heterocycles. The van der Waals surface area contributed by atoms with Crippen molar-refractivity contribution in [3.05, 3.63) is 81.1 Å². The molecule has 0 fully saturated rings. The summed E-state index contributed by atoms with van der Waals surface area (Å²) in [6.45, 7) is 3.33. The fourth-order valence-electron chi connectivity index (χ4n) is 3.57. The topological polar surface area (TPSA) is 113 Å². The van der Waals surface area contributed by atoms with Crippen molar-refractivity contribution in [3.8, 4) is 0 Å². The van der Waals surface area contributed by atoms with Gasteiger partial charge in [-0.05, 0) is 50.1 Å². The van der Waals surface area contributed by atoms with E-state index < -0.39 is 53.6 Å². The zero-order valence-corrected chi connectivity index (χ0v) is 21.7. The number of carboxylic acids is 1. The molecule has 15 heteroatoms. The molecule has 0 radical (unpaired) electrons. The second kappa shape index (κ2) is 10.8. The Bertz CT molecular complexity index is 1480. The standard InChI is InChI=1S/C25H21ClF6N4O4/c1-12-9-13(11-36-18(25(30,31)32)10-17(35-36)24(27,28)29)7-8-16(12)33-20(37)14-5-4-6-15(26)19(14)21(38)34-23(2,3)22(39)40/h4-10H,11H2,1-3H3,(H,33,37)(H,34,38)(H,39,40). The summed E-state index contributed by atoms with van der Waals surface area (Å²) in [4.78, 5) is 37.3. The van der Waals surface area contributed by atoms with E-state index >= 15 is 0 Å². The van der Waals surface area contributed by atoms with Crippen LogP contribution >= 0.6 is 11.6 Å². The Labute approximate surface area is 227 Å². The molecule has 0 aliphatic rings. The molecule has 0 aliphatic heterocycles. The molecule has 8 nitrogen and oxygen atoms in total. The van der Waals surface area contributed by atoms with E-state index in [1.165, 1.54) is 57.2 Å². The molecule has 0 bridgehead atoms. The maximum Gasteiger partial charge on any atom is 0.435 e. The molecule has 2 aromatic carbocycles. The molecule has 0 spiro atoms. The van der Waals surface area contributed by atoms with Crippen LogP contribution in [0.2, 0.25) is 5.02 Å². The minimum Gasteiger partial charge on any atom is -0.480 e. The highest BCUT2D eigenvalue weighted by Gasteiger charge is 2.42. The lowest BCUT2D eigenvalue weighted by molar-refractivity contribution is -0.144. The van der Waals surface area contributed by atoms with E-state index in [4.69, 9.17) is 11.6 Å². The highest BCUT2D eigenvalue weighted by molar-refractivity contribution is 6.35. The van der Waals surface area contributed by atoms with E-state index in [1.807, 2.05) is 0 Å². The van der Waals surface area contributed by atoms with Crippen LogP contribution in [0.3, 0.4) is 0 Å². The van der Waals surface area contributed by atoms with Crippen LogP contribution in [0.25, 0.3) is 0 Å². The Kier molecular flexibility index (Phi) is 8.25. The SMILES string of the molecule is Cc1cc(Cn2nc(C(F)(F)F)cc2C(F)(F)F)ccc1NC(=O)c1cccc(Cl)c1C(=O)NC(C)(C)C(=O)O. The predicted molar refractivity (Wildman–Crippen MR) is 131 cm³/mol. The summed E-state index contributed by atoms with van der Waals surface area (Å²) in [5.74, 6) is -3.06. The molecule has 0 saturated heterocycles. The first-order valence-corrected chi connectivity index (χ1v) is 11.7. The molecule has 1 aromatic heterocycles. The maximum absolute atomic E-state index is 13.3. The van der Waals surface area contributed by atoms with Gasteiger partial charge in [-0.3, -0.25) is 14.3 Å². The summed E-state index contributed by atoms with van der Waals surface area (Å²) in [5.41, 5.74) is -4.75. The van der Waals surface area contributed by atoms with Crippen molar-refractivity contribution < 1.29 is 45.8 Å². The summed E-state index contributed by atoms with van der Waals surface area (Å²) in [6.07, 6.45) is -10.2. The second-order valence-electron chi connectivity index (χ2n) is 9.22. The Morgan fingerprint density at radius 1 is 0.975 bits per heavy atom. The predicted octanol–water partition coefficient (Wildman–Crippen LogP) is 5.78. The summed E-state index contributed by atoms with van der Waals surface area (Å²) < 4.78 is 79.0. The van der Waals surface area contributed by atoms with Crippen molar-refractivity contribution in [2.24, 2.45) is 0 Å². The molecule has 3 N–H and O–H groups in total. The van der Waals surface area contributed by atoms with E-state index in [0.717, 1.165) is 0 Å². The van der Waals surface area contributed by atoms with Crippen LogP contribution < -0.4 is 10.6 Å². The lowest BCUT2D eigenvalue weighted by atomic mass is 10.0. The first-order chi connectivity index (χ1) is 18.3. The third-order valence-electron chi connectivity index (χ3n) is 5.68. The van der Waals surface area contributed by atoms with Gasteiger partial charge in [0.15, 0.2) is 5.69 Å². The van der Waals surface area contributed by atoms with E-state index in [2.05, 4.69) is 15.7 Å². The number of carboxylic acid groups (broad SMARTS) is 1. The molecular weight excluding hydrogens is 570 g/mol. The number of aromatic nitrogens is 2. The number of carbonyl (C=O) groups is 3. The van der Waals surface area contributed by atoms with Crippen LogP contribution in [0.5, 0.6) is 0 Å². The zero-order chi connectivity index (χ0) is 30.2. The molecule has 3 rings (SSSR count). The van der Waals surface area contributed by atoms with Gasteiger partial charge >= 0.3 is 18.3 Å². The normalized spacial score (nSPS) is 12.2. The van der Waals surface area contributed by atoms with Crippen LogP contribution in [0, 0.1) is 6.92 Å².